The molecule has 8 aromatic carbocycles. The summed E-state index contributed by atoms with van der Waals surface area (Å²) in [5.41, 5.74) is 10.6. The molecule has 0 aliphatic heterocycles. The van der Waals surface area contributed by atoms with Gasteiger partial charge in [0.25, 0.3) is 0 Å². The smallest absolute Gasteiger partial charge is 0.171 e. The third-order valence-corrected chi connectivity index (χ3v) is 18.6. The minimum Gasteiger partial charge on any atom is -0.309 e. The van der Waals surface area contributed by atoms with Gasteiger partial charge in [-0.2, -0.15) is 0 Å². The fourth-order valence-electron chi connectivity index (χ4n) is 7.88. The molecule has 0 radical (unpaired) electrons. The van der Waals surface area contributed by atoms with Gasteiger partial charge in [0.05, 0.1) is 0 Å². The van der Waals surface area contributed by atoms with Crippen molar-refractivity contribution in [2.75, 3.05) is 0 Å². The molecule has 0 aliphatic rings. The van der Waals surface area contributed by atoms with Crippen LogP contribution in [0.2, 0.25) is 39.3 Å². The lowest BCUT2D eigenvalue weighted by Gasteiger charge is -2.29. The summed E-state index contributed by atoms with van der Waals surface area (Å²) < 4.78 is 33.6. The molecule has 0 saturated heterocycles. The van der Waals surface area contributed by atoms with Crippen LogP contribution in [0, 0.1) is 22.9 Å². The minimum atomic E-state index is -3.62. The largest absolute Gasteiger partial charge is 0.309 e. The van der Waals surface area contributed by atoms with Crippen LogP contribution in [-0.4, -0.2) is 16.1 Å². The van der Waals surface area contributed by atoms with E-state index in [1.165, 1.54) is 0 Å². The lowest BCUT2D eigenvalue weighted by molar-refractivity contribution is 0.591. The monoisotopic (exact) mass is 846 g/mol. The predicted molar refractivity (Wildman–Crippen MR) is 266 cm³/mol. The Balaban J connectivity index is 1.64. The van der Waals surface area contributed by atoms with Crippen LogP contribution in [0.4, 0.5) is 0 Å². The summed E-state index contributed by atoms with van der Waals surface area (Å²) in [5.74, 6) is 7.15. The topological polar surface area (TPSA) is 34.1 Å². The van der Waals surface area contributed by atoms with Crippen LogP contribution in [0.3, 0.4) is 0 Å². The highest BCUT2D eigenvalue weighted by Crippen LogP contribution is 2.52. The van der Waals surface area contributed by atoms with E-state index in [0.717, 1.165) is 65.0 Å². The van der Waals surface area contributed by atoms with Crippen LogP contribution in [-0.2, 0) is 9.13 Å². The molecule has 0 aromatic heterocycles. The van der Waals surface area contributed by atoms with Gasteiger partial charge in [-0.05, 0) is 45.8 Å². The number of hydrogen-bond donors (Lipinski definition) is 0. The first-order valence-electron chi connectivity index (χ1n) is 20.4. The van der Waals surface area contributed by atoms with E-state index < -0.39 is 30.4 Å². The van der Waals surface area contributed by atoms with Gasteiger partial charge in [-0.3, -0.25) is 0 Å². The molecule has 0 aliphatic carbocycles. The first-order valence-corrected chi connectivity index (χ1v) is 30.8. The lowest BCUT2D eigenvalue weighted by atomic mass is 9.91. The van der Waals surface area contributed by atoms with Crippen LogP contribution in [0.25, 0.3) is 32.7 Å². The summed E-state index contributed by atoms with van der Waals surface area (Å²) in [4.78, 5) is 0. The van der Waals surface area contributed by atoms with Crippen molar-refractivity contribution >= 4 is 83.8 Å². The first kappa shape index (κ1) is 41.0. The predicted octanol–water partition coefficient (Wildman–Crippen LogP) is 11.4. The quantitative estimate of drug-likeness (QED) is 0.0910. The Morgan fingerprint density at radius 3 is 0.917 bits per heavy atom. The van der Waals surface area contributed by atoms with Crippen LogP contribution >= 0.6 is 14.3 Å². The van der Waals surface area contributed by atoms with Crippen LogP contribution in [0.5, 0.6) is 0 Å². The second-order valence-corrected chi connectivity index (χ2v) is 32.2. The van der Waals surface area contributed by atoms with E-state index in [-0.39, 0.29) is 0 Å². The molecule has 0 amide bonds. The Bertz CT molecular complexity index is 2810. The zero-order valence-electron chi connectivity index (χ0n) is 35.0. The van der Waals surface area contributed by atoms with E-state index in [9.17, 15) is 0 Å². The molecule has 0 atom stereocenters. The molecule has 2 nitrogen and oxygen atoms in total. The van der Waals surface area contributed by atoms with E-state index in [4.69, 9.17) is 0 Å². The normalized spacial score (nSPS) is 12.0. The lowest BCUT2D eigenvalue weighted by Crippen LogP contribution is -2.30. The fourth-order valence-corrected chi connectivity index (χ4v) is 14.6. The minimum absolute atomic E-state index is 0.683. The van der Waals surface area contributed by atoms with Gasteiger partial charge in [0.2, 0.25) is 0 Å². The van der Waals surface area contributed by atoms with Gasteiger partial charge in [-0.15, -0.1) is 11.1 Å². The van der Waals surface area contributed by atoms with E-state index in [1.54, 1.807) is 0 Å². The van der Waals surface area contributed by atoms with Gasteiger partial charge in [0.15, 0.2) is 14.3 Å². The Labute approximate surface area is 357 Å². The van der Waals surface area contributed by atoms with Crippen molar-refractivity contribution in [2.45, 2.75) is 39.3 Å². The first-order chi connectivity index (χ1) is 28.8. The van der Waals surface area contributed by atoms with E-state index in [2.05, 4.69) is 123 Å². The van der Waals surface area contributed by atoms with Crippen molar-refractivity contribution in [1.29, 1.82) is 0 Å². The van der Waals surface area contributed by atoms with Crippen molar-refractivity contribution in [1.82, 2.24) is 0 Å². The standard InChI is InChI=1S/C54H48O2P2Si2/c1-59(2,3)39-37-41-21-19-31-49-47(41)33-35-51(57(55,43-23-11-7-12-24-43)44-25-13-8-14-26-44)53(49)54-50-32-20-22-42(38-40-60(4,5)6)48(50)34-36-52(54)58(56,45-27-15-9-16-28-45)46-29-17-10-18-30-46/h7-36H,1-6H3. The SMILES string of the molecule is C[Si](C)(C)C#Cc1cccc2c(-c3c(P(=O)(c4ccccc4)c4ccccc4)ccc4c(C#C[Si](C)(C)C)cccc34)c(P(=O)(c3ccccc3)c3ccccc3)ccc12. The summed E-state index contributed by atoms with van der Waals surface area (Å²) >= 11 is 0. The van der Waals surface area contributed by atoms with Crippen molar-refractivity contribution < 1.29 is 9.13 Å². The van der Waals surface area contributed by atoms with Gasteiger partial charge < -0.3 is 9.13 Å². The maximum Gasteiger partial charge on any atom is 0.171 e. The molecule has 0 bridgehead atoms. The van der Waals surface area contributed by atoms with Crippen molar-refractivity contribution in [3.63, 3.8) is 0 Å². The summed E-state index contributed by atoms with van der Waals surface area (Å²) in [6, 6.07) is 60.2. The summed E-state index contributed by atoms with van der Waals surface area (Å²) in [6.45, 7) is 13.5. The molecule has 8 aromatic rings. The van der Waals surface area contributed by atoms with Gasteiger partial charge >= 0.3 is 0 Å². The van der Waals surface area contributed by atoms with Gasteiger partial charge in [-0.1, -0.05) is 209 Å². The van der Waals surface area contributed by atoms with Crippen LogP contribution in [0.1, 0.15) is 11.1 Å². The zero-order chi connectivity index (χ0) is 42.1. The van der Waals surface area contributed by atoms with E-state index in [1.807, 2.05) is 121 Å². The number of benzene rings is 8. The van der Waals surface area contributed by atoms with Gasteiger partial charge in [-0.25, -0.2) is 0 Å². The van der Waals surface area contributed by atoms with E-state index in [0.29, 0.717) is 10.6 Å². The Morgan fingerprint density at radius 2 is 0.633 bits per heavy atom. The Hall–Kier alpha value is -5.71. The summed E-state index contributed by atoms with van der Waals surface area (Å²) in [6.07, 6.45) is 0. The van der Waals surface area contributed by atoms with Crippen molar-refractivity contribution in [2.24, 2.45) is 0 Å². The highest BCUT2D eigenvalue weighted by molar-refractivity contribution is 7.86. The van der Waals surface area contributed by atoms with Crippen LogP contribution in [0.15, 0.2) is 182 Å². The third kappa shape index (κ3) is 7.86. The molecule has 6 heteroatoms. The molecule has 8 rings (SSSR count). The molecule has 294 valence electrons. The molecule has 0 unspecified atom stereocenters. The van der Waals surface area contributed by atoms with E-state index >= 15 is 9.13 Å². The van der Waals surface area contributed by atoms with Crippen LogP contribution < -0.4 is 31.8 Å². The molecular weight excluding hydrogens is 799 g/mol. The zero-order valence-corrected chi connectivity index (χ0v) is 38.8. The molecule has 0 spiro atoms. The Morgan fingerprint density at radius 1 is 0.333 bits per heavy atom. The molecule has 0 saturated carbocycles. The molecule has 0 heterocycles. The molecule has 60 heavy (non-hydrogen) atoms. The number of hydrogen-bond acceptors (Lipinski definition) is 2. The maximum absolute atomic E-state index is 16.8. The van der Waals surface area contributed by atoms with Gasteiger partial charge in [0.1, 0.15) is 16.1 Å². The number of rotatable bonds is 7. The number of fused-ring (bicyclic) bond motifs is 2. The fraction of sp³-hybridized carbons (Fsp3) is 0.111. The maximum atomic E-state index is 16.8. The van der Waals surface area contributed by atoms with Gasteiger partial charge in [0, 0.05) is 54.1 Å². The highest BCUT2D eigenvalue weighted by atomic mass is 31.2. The average Bonchev–Trinajstić information content (AvgIpc) is 3.27. The average molecular weight is 847 g/mol. The summed E-state index contributed by atoms with van der Waals surface area (Å²) in [5, 5.41) is 8.00. The Kier molecular flexibility index (Phi) is 11.2. The molecular formula is C54H48O2P2Si2. The van der Waals surface area contributed by atoms with Crippen molar-refractivity contribution in [3.8, 4) is 34.1 Å². The van der Waals surface area contributed by atoms with Crippen molar-refractivity contribution in [3.05, 3.63) is 193 Å². The third-order valence-electron chi connectivity index (χ3n) is 10.6. The molecule has 0 N–H and O–H groups in total. The highest BCUT2D eigenvalue weighted by Gasteiger charge is 2.38. The molecule has 0 fully saturated rings. The second kappa shape index (κ2) is 16.4. The summed E-state index contributed by atoms with van der Waals surface area (Å²) in [7, 11) is -10.8. The second-order valence-electron chi connectivity index (χ2n) is 17.3.